The number of thiophene rings is 1. The molecule has 0 radical (unpaired) electrons. The fraction of sp³-hybridized carbons (Fsp3) is 0.133. The van der Waals surface area contributed by atoms with Gasteiger partial charge in [0.15, 0.2) is 0 Å². The molecule has 3 rings (SSSR count). The number of nitrogens with zero attached hydrogens (tertiary/aromatic N) is 1. The standard InChI is InChI=1S/C15H10F3NOS/c16-15(17,18)14(20)10-5-6-19(7-10)8-11-9-21-13-4-2-1-3-12(11)13/h1-7,9H,8H2. The number of carbonyl (C=O) groups excluding carboxylic acids is 1. The predicted molar refractivity (Wildman–Crippen MR) is 75.7 cm³/mol. The summed E-state index contributed by atoms with van der Waals surface area (Å²) in [7, 11) is 0. The van der Waals surface area contributed by atoms with Gasteiger partial charge in [-0.3, -0.25) is 4.79 Å². The van der Waals surface area contributed by atoms with Gasteiger partial charge in [0.25, 0.3) is 5.78 Å². The van der Waals surface area contributed by atoms with Gasteiger partial charge < -0.3 is 4.57 Å². The highest BCUT2D eigenvalue weighted by Gasteiger charge is 2.39. The summed E-state index contributed by atoms with van der Waals surface area (Å²) in [4.78, 5) is 11.2. The molecule has 1 aromatic carbocycles. The predicted octanol–water partition coefficient (Wildman–Crippen LogP) is 4.50. The second-order valence-electron chi connectivity index (χ2n) is 4.66. The number of ketones is 1. The van der Waals surface area contributed by atoms with Crippen LogP contribution in [0.5, 0.6) is 0 Å². The van der Waals surface area contributed by atoms with Crippen LogP contribution in [0.3, 0.4) is 0 Å². The lowest BCUT2D eigenvalue weighted by Gasteiger charge is -2.03. The first kappa shape index (κ1) is 13.9. The molecule has 0 amide bonds. The maximum atomic E-state index is 12.4. The third-order valence-electron chi connectivity index (χ3n) is 3.18. The van der Waals surface area contributed by atoms with Crippen molar-refractivity contribution in [2.75, 3.05) is 0 Å². The molecule has 2 aromatic heterocycles. The van der Waals surface area contributed by atoms with E-state index >= 15 is 0 Å². The SMILES string of the molecule is O=C(c1ccn(Cc2csc3ccccc23)c1)C(F)(F)F. The fourth-order valence-electron chi connectivity index (χ4n) is 2.19. The molecule has 3 aromatic rings. The molecule has 0 aliphatic rings. The van der Waals surface area contributed by atoms with E-state index in [0.29, 0.717) is 6.54 Å². The van der Waals surface area contributed by atoms with Gasteiger partial charge in [0.1, 0.15) is 0 Å². The monoisotopic (exact) mass is 309 g/mol. The Labute approximate surface area is 122 Å². The lowest BCUT2D eigenvalue weighted by Crippen LogP contribution is -2.22. The van der Waals surface area contributed by atoms with Crippen molar-refractivity contribution in [1.29, 1.82) is 0 Å². The van der Waals surface area contributed by atoms with Crippen molar-refractivity contribution in [1.82, 2.24) is 4.57 Å². The lowest BCUT2D eigenvalue weighted by atomic mass is 10.2. The average Bonchev–Trinajstić information content (AvgIpc) is 3.05. The van der Waals surface area contributed by atoms with E-state index in [2.05, 4.69) is 0 Å². The molecule has 2 heterocycles. The zero-order valence-corrected chi connectivity index (χ0v) is 11.5. The lowest BCUT2D eigenvalue weighted by molar-refractivity contribution is -0.0885. The van der Waals surface area contributed by atoms with Crippen LogP contribution in [-0.4, -0.2) is 16.5 Å². The number of carbonyl (C=O) groups is 1. The fourth-order valence-corrected chi connectivity index (χ4v) is 3.14. The molecule has 0 unspecified atom stereocenters. The van der Waals surface area contributed by atoms with Gasteiger partial charge in [-0.25, -0.2) is 0 Å². The van der Waals surface area contributed by atoms with Crippen molar-refractivity contribution < 1.29 is 18.0 Å². The summed E-state index contributed by atoms with van der Waals surface area (Å²) in [6, 6.07) is 9.04. The van der Waals surface area contributed by atoms with Gasteiger partial charge in [-0.05, 0) is 28.5 Å². The summed E-state index contributed by atoms with van der Waals surface area (Å²) in [5, 5.41) is 3.07. The number of alkyl halides is 3. The molecule has 0 fully saturated rings. The van der Waals surface area contributed by atoms with Crippen LogP contribution < -0.4 is 0 Å². The van der Waals surface area contributed by atoms with Crippen LogP contribution >= 0.6 is 11.3 Å². The highest BCUT2D eigenvalue weighted by molar-refractivity contribution is 7.17. The molecule has 0 bridgehead atoms. The van der Waals surface area contributed by atoms with Crippen molar-refractivity contribution in [3.63, 3.8) is 0 Å². The summed E-state index contributed by atoms with van der Waals surface area (Å²) in [6.45, 7) is 0.440. The Morgan fingerprint density at radius 1 is 1.19 bits per heavy atom. The van der Waals surface area contributed by atoms with E-state index in [-0.39, 0.29) is 5.56 Å². The van der Waals surface area contributed by atoms with Crippen LogP contribution in [-0.2, 0) is 6.54 Å². The van der Waals surface area contributed by atoms with E-state index in [1.807, 2.05) is 29.6 Å². The Balaban J connectivity index is 1.86. The molecular weight excluding hydrogens is 299 g/mol. The zero-order valence-electron chi connectivity index (χ0n) is 10.7. The molecule has 6 heteroatoms. The summed E-state index contributed by atoms with van der Waals surface area (Å²) in [5.41, 5.74) is 0.694. The van der Waals surface area contributed by atoms with Gasteiger partial charge >= 0.3 is 6.18 Å². The number of halogens is 3. The van der Waals surface area contributed by atoms with Crippen molar-refractivity contribution in [2.24, 2.45) is 0 Å². The minimum Gasteiger partial charge on any atom is -0.349 e. The minimum absolute atomic E-state index is 0.331. The maximum Gasteiger partial charge on any atom is 0.454 e. The second-order valence-corrected chi connectivity index (χ2v) is 5.57. The minimum atomic E-state index is -4.83. The van der Waals surface area contributed by atoms with E-state index in [1.54, 1.807) is 15.9 Å². The molecule has 0 saturated carbocycles. The molecule has 21 heavy (non-hydrogen) atoms. The first-order valence-electron chi connectivity index (χ1n) is 6.17. The van der Waals surface area contributed by atoms with Gasteiger partial charge in [-0.2, -0.15) is 13.2 Å². The number of aromatic nitrogens is 1. The molecule has 108 valence electrons. The number of benzene rings is 1. The van der Waals surface area contributed by atoms with Crippen LogP contribution in [0.25, 0.3) is 10.1 Å². The quantitative estimate of drug-likeness (QED) is 0.653. The average molecular weight is 309 g/mol. The van der Waals surface area contributed by atoms with E-state index in [4.69, 9.17) is 0 Å². The third-order valence-corrected chi connectivity index (χ3v) is 4.20. The van der Waals surface area contributed by atoms with Crippen LogP contribution in [0.1, 0.15) is 15.9 Å². The smallest absolute Gasteiger partial charge is 0.349 e. The Morgan fingerprint density at radius 3 is 2.71 bits per heavy atom. The largest absolute Gasteiger partial charge is 0.454 e. The summed E-state index contributed by atoms with van der Waals surface area (Å²) in [5.74, 6) is -1.81. The van der Waals surface area contributed by atoms with Crippen LogP contribution in [0.4, 0.5) is 13.2 Å². The zero-order chi connectivity index (χ0) is 15.0. The number of hydrogen-bond acceptors (Lipinski definition) is 2. The first-order valence-corrected chi connectivity index (χ1v) is 7.05. The van der Waals surface area contributed by atoms with Gasteiger partial charge in [-0.1, -0.05) is 18.2 Å². The Morgan fingerprint density at radius 2 is 1.95 bits per heavy atom. The molecule has 0 aliphatic carbocycles. The van der Waals surface area contributed by atoms with Gasteiger partial charge in [-0.15, -0.1) is 11.3 Å². The highest BCUT2D eigenvalue weighted by atomic mass is 32.1. The Kier molecular flexibility index (Phi) is 3.33. The third kappa shape index (κ3) is 2.71. The van der Waals surface area contributed by atoms with E-state index < -0.39 is 12.0 Å². The van der Waals surface area contributed by atoms with Crippen LogP contribution in [0, 0.1) is 0 Å². The summed E-state index contributed by atoms with van der Waals surface area (Å²) >= 11 is 1.59. The van der Waals surface area contributed by atoms with Crippen LogP contribution in [0.15, 0.2) is 48.1 Å². The molecule has 0 saturated heterocycles. The Bertz CT molecular complexity index is 800. The topological polar surface area (TPSA) is 22.0 Å². The maximum absolute atomic E-state index is 12.4. The van der Waals surface area contributed by atoms with E-state index in [0.717, 1.165) is 15.6 Å². The number of Topliss-reactive ketones (excluding diaryl/α,β-unsaturated/α-hetero) is 1. The van der Waals surface area contributed by atoms with Crippen molar-refractivity contribution in [3.8, 4) is 0 Å². The molecular formula is C15H10F3NOS. The van der Waals surface area contributed by atoms with E-state index in [9.17, 15) is 18.0 Å². The van der Waals surface area contributed by atoms with Crippen LogP contribution in [0.2, 0.25) is 0 Å². The van der Waals surface area contributed by atoms with Gasteiger partial charge in [0, 0.05) is 29.2 Å². The molecule has 0 N–H and O–H groups in total. The summed E-state index contributed by atoms with van der Waals surface area (Å²) in [6.07, 6.45) is -2.10. The van der Waals surface area contributed by atoms with E-state index in [1.165, 1.54) is 18.5 Å². The van der Waals surface area contributed by atoms with Crippen molar-refractivity contribution >= 4 is 27.2 Å². The van der Waals surface area contributed by atoms with Gasteiger partial charge in [0.05, 0.1) is 0 Å². The normalized spacial score (nSPS) is 12.0. The first-order chi connectivity index (χ1) is 9.95. The number of hydrogen-bond donors (Lipinski definition) is 0. The highest BCUT2D eigenvalue weighted by Crippen LogP contribution is 2.27. The molecule has 0 atom stereocenters. The molecule has 2 nitrogen and oxygen atoms in total. The molecule has 0 aliphatic heterocycles. The summed E-state index contributed by atoms with van der Waals surface area (Å²) < 4.78 is 39.8. The van der Waals surface area contributed by atoms with Gasteiger partial charge in [0.2, 0.25) is 0 Å². The van der Waals surface area contributed by atoms with Crippen molar-refractivity contribution in [2.45, 2.75) is 12.7 Å². The Hall–Kier alpha value is -2.08. The second kappa shape index (κ2) is 5.04. The molecule has 0 spiro atoms. The van der Waals surface area contributed by atoms with Crippen molar-refractivity contribution in [3.05, 3.63) is 59.2 Å². The number of fused-ring (bicyclic) bond motifs is 1. The number of rotatable bonds is 3.